The number of aliphatic imine (C=N–C) groups is 1. The summed E-state index contributed by atoms with van der Waals surface area (Å²) in [4.78, 5) is 21.4. The molecular weight excluding hydrogens is 463 g/mol. The van der Waals surface area contributed by atoms with Crippen molar-refractivity contribution in [3.63, 3.8) is 0 Å². The maximum Gasteiger partial charge on any atom is 0.227 e. The average Bonchev–Trinajstić information content (AvgIpc) is 2.54. The number of piperazine rings is 1. The van der Waals surface area contributed by atoms with Gasteiger partial charge in [0.2, 0.25) is 5.91 Å². The molecule has 1 aliphatic heterocycles. The topological polar surface area (TPSA) is 47.9 Å². The number of carbonyl (C=O) groups is 1. The molecule has 0 spiro atoms. The Morgan fingerprint density at radius 3 is 2.69 bits per heavy atom. The molecule has 1 aromatic carbocycles. The van der Waals surface area contributed by atoms with Crippen LogP contribution < -0.4 is 5.32 Å². The largest absolute Gasteiger partial charge is 0.354 e. The Hall–Kier alpha value is -1.02. The Bertz CT molecular complexity index is 650. The van der Waals surface area contributed by atoms with Gasteiger partial charge in [0.05, 0.1) is 6.42 Å². The lowest BCUT2D eigenvalue weighted by atomic mass is 9.93. The summed E-state index contributed by atoms with van der Waals surface area (Å²) in [5.74, 6) is 1.13. The van der Waals surface area contributed by atoms with Crippen molar-refractivity contribution in [2.45, 2.75) is 44.7 Å². The van der Waals surface area contributed by atoms with E-state index in [0.717, 1.165) is 31.2 Å². The lowest BCUT2D eigenvalue weighted by molar-refractivity contribution is -0.134. The van der Waals surface area contributed by atoms with Crippen LogP contribution in [0.2, 0.25) is 5.02 Å². The van der Waals surface area contributed by atoms with Crippen molar-refractivity contribution in [3.8, 4) is 0 Å². The molecule has 0 aromatic heterocycles. The number of rotatable bonds is 3. The number of nitrogens with one attached hydrogen (secondary N) is 1. The summed E-state index contributed by atoms with van der Waals surface area (Å²) >= 11 is 6.02. The second-order valence-electron chi connectivity index (χ2n) is 7.01. The number of halogens is 2. The van der Waals surface area contributed by atoms with E-state index in [1.54, 1.807) is 0 Å². The molecule has 7 heteroatoms. The van der Waals surface area contributed by atoms with E-state index in [9.17, 15) is 4.79 Å². The number of guanidine groups is 1. The summed E-state index contributed by atoms with van der Waals surface area (Å²) in [6, 6.07) is 8.27. The highest BCUT2D eigenvalue weighted by molar-refractivity contribution is 14.0. The maximum absolute atomic E-state index is 12.7. The quantitative estimate of drug-likeness (QED) is 0.402. The Kier molecular flexibility index (Phi) is 8.01. The summed E-state index contributed by atoms with van der Waals surface area (Å²) in [5, 5.41) is 4.22. The zero-order valence-corrected chi connectivity index (χ0v) is 18.5. The van der Waals surface area contributed by atoms with Crippen molar-refractivity contribution in [1.29, 1.82) is 0 Å². The molecule has 26 heavy (non-hydrogen) atoms. The number of hydrogen-bond acceptors (Lipinski definition) is 2. The van der Waals surface area contributed by atoms with Crippen LogP contribution in [0.5, 0.6) is 0 Å². The third-order valence-corrected chi connectivity index (χ3v) is 5.38. The fraction of sp³-hybridized carbons (Fsp3) is 0.579. The lowest BCUT2D eigenvalue weighted by Gasteiger charge is -2.42. The van der Waals surface area contributed by atoms with E-state index in [1.165, 1.54) is 19.3 Å². The highest BCUT2D eigenvalue weighted by Gasteiger charge is 2.30. The summed E-state index contributed by atoms with van der Waals surface area (Å²) < 4.78 is 0. The summed E-state index contributed by atoms with van der Waals surface area (Å²) in [7, 11) is 1.84. The number of carbonyl (C=O) groups excluding carboxylic acids is 1. The van der Waals surface area contributed by atoms with Gasteiger partial charge < -0.3 is 15.1 Å². The van der Waals surface area contributed by atoms with Gasteiger partial charge in [0.25, 0.3) is 0 Å². The number of hydrogen-bond donors (Lipinski definition) is 1. The second kappa shape index (κ2) is 9.78. The molecule has 3 rings (SSSR count). The van der Waals surface area contributed by atoms with E-state index in [2.05, 4.69) is 22.1 Å². The van der Waals surface area contributed by atoms with Crippen LogP contribution in [0.4, 0.5) is 0 Å². The number of benzene rings is 1. The normalized spacial score (nSPS) is 21.0. The van der Waals surface area contributed by atoms with Crippen molar-refractivity contribution in [2.24, 2.45) is 4.99 Å². The molecule has 1 saturated heterocycles. The molecule has 1 aliphatic carbocycles. The smallest absolute Gasteiger partial charge is 0.227 e. The molecule has 1 amide bonds. The summed E-state index contributed by atoms with van der Waals surface area (Å²) in [6.07, 6.45) is 4.16. The number of amides is 1. The second-order valence-corrected chi connectivity index (χ2v) is 7.44. The van der Waals surface area contributed by atoms with E-state index in [4.69, 9.17) is 11.6 Å². The summed E-state index contributed by atoms with van der Waals surface area (Å²) in [6.45, 7) is 4.47. The molecule has 1 unspecified atom stereocenters. The highest BCUT2D eigenvalue weighted by Crippen LogP contribution is 2.19. The fourth-order valence-corrected chi connectivity index (χ4v) is 3.69. The van der Waals surface area contributed by atoms with E-state index in [1.807, 2.05) is 36.2 Å². The van der Waals surface area contributed by atoms with Gasteiger partial charge in [0, 0.05) is 43.8 Å². The van der Waals surface area contributed by atoms with Crippen molar-refractivity contribution in [3.05, 3.63) is 34.9 Å². The molecule has 2 fully saturated rings. The first-order chi connectivity index (χ1) is 12.1. The molecule has 1 atom stereocenters. The van der Waals surface area contributed by atoms with Gasteiger partial charge in [0.1, 0.15) is 0 Å². The molecule has 144 valence electrons. The van der Waals surface area contributed by atoms with E-state index in [-0.39, 0.29) is 35.9 Å². The molecular formula is C19H28ClIN4O. The predicted octanol–water partition coefficient (Wildman–Crippen LogP) is 3.16. The third kappa shape index (κ3) is 5.25. The Labute approximate surface area is 178 Å². The third-order valence-electron chi connectivity index (χ3n) is 5.14. The SMILES string of the molecule is CN=C(NC1CCC1)N1CCN(C(=O)Cc2cccc(Cl)c2)C(C)C1.I. The van der Waals surface area contributed by atoms with E-state index in [0.29, 0.717) is 17.5 Å². The average molecular weight is 491 g/mol. The first-order valence-corrected chi connectivity index (χ1v) is 9.47. The van der Waals surface area contributed by atoms with Gasteiger partial charge in [-0.1, -0.05) is 23.7 Å². The lowest BCUT2D eigenvalue weighted by Crippen LogP contribution is -2.59. The molecule has 1 aromatic rings. The van der Waals surface area contributed by atoms with Crippen molar-refractivity contribution >= 4 is 47.4 Å². The van der Waals surface area contributed by atoms with Gasteiger partial charge in [-0.15, -0.1) is 24.0 Å². The first kappa shape index (κ1) is 21.3. The van der Waals surface area contributed by atoms with Gasteiger partial charge >= 0.3 is 0 Å². The van der Waals surface area contributed by atoms with Crippen LogP contribution in [0.15, 0.2) is 29.3 Å². The van der Waals surface area contributed by atoms with Crippen molar-refractivity contribution in [2.75, 3.05) is 26.7 Å². The minimum atomic E-state index is 0. The van der Waals surface area contributed by atoms with Crippen molar-refractivity contribution < 1.29 is 4.79 Å². The zero-order valence-electron chi connectivity index (χ0n) is 15.4. The molecule has 0 bridgehead atoms. The fourth-order valence-electron chi connectivity index (χ4n) is 3.48. The van der Waals surface area contributed by atoms with Crippen LogP contribution >= 0.6 is 35.6 Å². The summed E-state index contributed by atoms with van der Waals surface area (Å²) in [5.41, 5.74) is 0.967. The minimum Gasteiger partial charge on any atom is -0.354 e. The molecule has 2 aliphatic rings. The zero-order chi connectivity index (χ0) is 17.8. The predicted molar refractivity (Wildman–Crippen MR) is 117 cm³/mol. The standard InChI is InChI=1S/C19H27ClN4O.HI/c1-14-13-23(19(21-2)22-17-7-4-8-17)9-10-24(14)18(25)12-15-5-3-6-16(20)11-15;/h3,5-6,11,14,17H,4,7-10,12-13H2,1-2H3,(H,21,22);1H. The van der Waals surface area contributed by atoms with Crippen molar-refractivity contribution in [1.82, 2.24) is 15.1 Å². The van der Waals surface area contributed by atoms with Gasteiger partial charge in [-0.05, 0) is 43.9 Å². The first-order valence-electron chi connectivity index (χ1n) is 9.09. The molecule has 5 nitrogen and oxygen atoms in total. The highest BCUT2D eigenvalue weighted by atomic mass is 127. The maximum atomic E-state index is 12.7. The van der Waals surface area contributed by atoms with Crippen LogP contribution in [0.3, 0.4) is 0 Å². The molecule has 0 radical (unpaired) electrons. The number of nitrogens with zero attached hydrogens (tertiary/aromatic N) is 3. The van der Waals surface area contributed by atoms with Crippen LogP contribution in [0.1, 0.15) is 31.7 Å². The van der Waals surface area contributed by atoms with E-state index < -0.39 is 0 Å². The molecule has 1 N–H and O–H groups in total. The van der Waals surface area contributed by atoms with Crippen LogP contribution in [-0.4, -0.2) is 60.4 Å². The minimum absolute atomic E-state index is 0. The van der Waals surface area contributed by atoms with Crippen LogP contribution in [0, 0.1) is 0 Å². The van der Waals surface area contributed by atoms with Gasteiger partial charge in [-0.25, -0.2) is 0 Å². The van der Waals surface area contributed by atoms with Crippen LogP contribution in [0.25, 0.3) is 0 Å². The van der Waals surface area contributed by atoms with E-state index >= 15 is 0 Å². The van der Waals surface area contributed by atoms with Crippen LogP contribution in [-0.2, 0) is 11.2 Å². The van der Waals surface area contributed by atoms with Gasteiger partial charge in [-0.2, -0.15) is 0 Å². The Morgan fingerprint density at radius 1 is 1.35 bits per heavy atom. The van der Waals surface area contributed by atoms with Gasteiger partial charge in [0.15, 0.2) is 5.96 Å². The monoisotopic (exact) mass is 490 g/mol. The Balaban J connectivity index is 0.00000243. The van der Waals surface area contributed by atoms with Gasteiger partial charge in [-0.3, -0.25) is 9.79 Å². The Morgan fingerprint density at radius 2 is 2.12 bits per heavy atom. The molecule has 1 saturated carbocycles. The molecule has 1 heterocycles.